The van der Waals surface area contributed by atoms with Gasteiger partial charge in [0.05, 0.1) is 5.57 Å². The van der Waals surface area contributed by atoms with E-state index in [-0.39, 0.29) is 17.9 Å². The number of nitrogens with zero attached hydrogens (tertiary/aromatic N) is 3. The minimum Gasteiger partial charge on any atom is -0.368 e. The summed E-state index contributed by atoms with van der Waals surface area (Å²) in [4.78, 5) is 33.5. The van der Waals surface area contributed by atoms with Gasteiger partial charge in [-0.3, -0.25) is 14.5 Å². The molecule has 0 aromatic heterocycles. The zero-order valence-corrected chi connectivity index (χ0v) is 19.7. The Hall–Kier alpha value is -3.08. The maximum absolute atomic E-state index is 13.7. The molecule has 2 aromatic rings. The molecule has 2 heterocycles. The van der Waals surface area contributed by atoms with Crippen LogP contribution >= 0.6 is 0 Å². The van der Waals surface area contributed by atoms with Gasteiger partial charge in [-0.25, -0.2) is 0 Å². The first-order valence-corrected chi connectivity index (χ1v) is 12.3. The number of anilines is 1. The van der Waals surface area contributed by atoms with E-state index >= 15 is 0 Å². The molecule has 172 valence electrons. The van der Waals surface area contributed by atoms with Crippen LogP contribution in [0.15, 0.2) is 54.2 Å². The second-order valence-electron chi connectivity index (χ2n) is 9.55. The summed E-state index contributed by atoms with van der Waals surface area (Å²) >= 11 is 0. The molecule has 0 bridgehead atoms. The van der Waals surface area contributed by atoms with E-state index < -0.39 is 0 Å². The summed E-state index contributed by atoms with van der Waals surface area (Å²) < 4.78 is 0. The van der Waals surface area contributed by atoms with Crippen LogP contribution in [0.2, 0.25) is 0 Å². The largest absolute Gasteiger partial charge is 0.368 e. The molecule has 0 spiro atoms. The number of benzene rings is 2. The van der Waals surface area contributed by atoms with Crippen molar-refractivity contribution in [2.45, 2.75) is 52.0 Å². The zero-order valence-electron chi connectivity index (χ0n) is 19.7. The lowest BCUT2D eigenvalue weighted by atomic mass is 9.94. The summed E-state index contributed by atoms with van der Waals surface area (Å²) in [6.45, 7) is 7.46. The maximum Gasteiger partial charge on any atom is 0.278 e. The monoisotopic (exact) mass is 443 g/mol. The molecular formula is C28H33N3O2. The smallest absolute Gasteiger partial charge is 0.278 e. The Kier molecular flexibility index (Phi) is 5.96. The summed E-state index contributed by atoms with van der Waals surface area (Å²) in [5.74, 6) is -0.198. The lowest BCUT2D eigenvalue weighted by Gasteiger charge is -2.39. The van der Waals surface area contributed by atoms with Gasteiger partial charge in [-0.15, -0.1) is 0 Å². The average Bonchev–Trinajstić information content (AvgIpc) is 3.12. The molecule has 1 saturated heterocycles. The highest BCUT2D eigenvalue weighted by Crippen LogP contribution is 2.36. The van der Waals surface area contributed by atoms with Gasteiger partial charge >= 0.3 is 0 Å². The fourth-order valence-electron chi connectivity index (χ4n) is 5.61. The zero-order chi connectivity index (χ0) is 22.9. The third kappa shape index (κ3) is 3.94. The molecule has 5 nitrogen and oxygen atoms in total. The van der Waals surface area contributed by atoms with E-state index in [4.69, 9.17) is 0 Å². The predicted octanol–water partition coefficient (Wildman–Crippen LogP) is 4.54. The van der Waals surface area contributed by atoms with E-state index in [0.29, 0.717) is 11.3 Å². The van der Waals surface area contributed by atoms with Crippen molar-refractivity contribution < 1.29 is 9.59 Å². The number of hydrogen-bond acceptors (Lipinski definition) is 4. The Balaban J connectivity index is 1.44. The number of imide groups is 1. The van der Waals surface area contributed by atoms with Gasteiger partial charge in [-0.1, -0.05) is 61.7 Å². The summed E-state index contributed by atoms with van der Waals surface area (Å²) in [6, 6.07) is 16.2. The number of carbonyl (C=O) groups is 2. The quantitative estimate of drug-likeness (QED) is 0.651. The van der Waals surface area contributed by atoms with E-state index in [1.165, 1.54) is 23.2 Å². The molecule has 0 N–H and O–H groups in total. The summed E-state index contributed by atoms with van der Waals surface area (Å²) in [6.07, 6.45) is 5.22. The second kappa shape index (κ2) is 9.05. The first kappa shape index (κ1) is 21.7. The fourth-order valence-corrected chi connectivity index (χ4v) is 5.61. The molecule has 2 aromatic carbocycles. The molecular weight excluding hydrogens is 410 g/mol. The topological polar surface area (TPSA) is 43.9 Å². The third-order valence-electron chi connectivity index (χ3n) is 7.61. The first-order chi connectivity index (χ1) is 16.1. The van der Waals surface area contributed by atoms with E-state index in [0.717, 1.165) is 57.4 Å². The van der Waals surface area contributed by atoms with Crippen LogP contribution < -0.4 is 4.90 Å². The minimum absolute atomic E-state index is 0.0335. The van der Waals surface area contributed by atoms with Gasteiger partial charge in [0.25, 0.3) is 11.8 Å². The second-order valence-corrected chi connectivity index (χ2v) is 9.55. The van der Waals surface area contributed by atoms with Gasteiger partial charge in [0.15, 0.2) is 0 Å². The minimum atomic E-state index is -0.106. The molecule has 0 unspecified atom stereocenters. The van der Waals surface area contributed by atoms with Crippen LogP contribution in [0.3, 0.4) is 0 Å². The number of piperazine rings is 1. The Labute approximate surface area is 196 Å². The van der Waals surface area contributed by atoms with Crippen LogP contribution in [0.5, 0.6) is 0 Å². The summed E-state index contributed by atoms with van der Waals surface area (Å²) in [7, 11) is 0. The van der Waals surface area contributed by atoms with Crippen molar-refractivity contribution in [2.24, 2.45) is 0 Å². The van der Waals surface area contributed by atoms with Gasteiger partial charge in [0.2, 0.25) is 0 Å². The van der Waals surface area contributed by atoms with Crippen LogP contribution in [0.25, 0.3) is 5.57 Å². The number of aryl methyl sites for hydroxylation is 1. The fraction of sp³-hybridized carbons (Fsp3) is 0.429. The van der Waals surface area contributed by atoms with Gasteiger partial charge in [-0.2, -0.15) is 0 Å². The van der Waals surface area contributed by atoms with Crippen molar-refractivity contribution >= 4 is 23.1 Å². The van der Waals surface area contributed by atoms with Crippen molar-refractivity contribution in [2.75, 3.05) is 31.1 Å². The van der Waals surface area contributed by atoms with Crippen LogP contribution in [0.1, 0.15) is 48.8 Å². The Morgan fingerprint density at radius 1 is 0.727 bits per heavy atom. The van der Waals surface area contributed by atoms with Crippen molar-refractivity contribution in [3.05, 3.63) is 70.9 Å². The maximum atomic E-state index is 13.7. The van der Waals surface area contributed by atoms with Crippen LogP contribution in [-0.2, 0) is 9.59 Å². The van der Waals surface area contributed by atoms with Gasteiger partial charge in [-0.05, 0) is 49.4 Å². The Bertz CT molecular complexity index is 1080. The number of rotatable bonds is 4. The number of hydrogen-bond donors (Lipinski definition) is 0. The lowest BCUT2D eigenvalue weighted by Crippen LogP contribution is -2.49. The molecule has 3 aliphatic rings. The van der Waals surface area contributed by atoms with Crippen LogP contribution in [-0.4, -0.2) is 53.8 Å². The molecule has 1 aliphatic carbocycles. The number of carbonyl (C=O) groups excluding carboxylic acids is 2. The van der Waals surface area contributed by atoms with E-state index in [2.05, 4.69) is 41.8 Å². The lowest BCUT2D eigenvalue weighted by molar-refractivity contribution is -0.141. The molecule has 2 aliphatic heterocycles. The van der Waals surface area contributed by atoms with Crippen molar-refractivity contribution in [3.63, 3.8) is 0 Å². The Morgan fingerprint density at radius 3 is 2.09 bits per heavy atom. The van der Waals surface area contributed by atoms with Gasteiger partial charge in [0.1, 0.15) is 5.70 Å². The molecule has 33 heavy (non-hydrogen) atoms. The van der Waals surface area contributed by atoms with E-state index in [1.807, 2.05) is 30.3 Å². The highest BCUT2D eigenvalue weighted by atomic mass is 16.2. The van der Waals surface area contributed by atoms with Crippen molar-refractivity contribution in [1.29, 1.82) is 0 Å². The van der Waals surface area contributed by atoms with Crippen molar-refractivity contribution in [3.8, 4) is 0 Å². The number of amides is 2. The molecule has 1 saturated carbocycles. The van der Waals surface area contributed by atoms with E-state index in [9.17, 15) is 9.59 Å². The average molecular weight is 444 g/mol. The Morgan fingerprint density at radius 2 is 1.39 bits per heavy atom. The highest BCUT2D eigenvalue weighted by Gasteiger charge is 2.45. The molecule has 5 rings (SSSR count). The molecule has 5 heteroatoms. The standard InChI is InChI=1S/C28H33N3O2/c1-20-10-9-15-24(21(20)2)29-16-18-30(19-17-29)26-25(22-11-5-3-6-12-22)27(32)31(28(26)33)23-13-7-4-8-14-23/h3,5-6,9-12,15,23H,4,7-8,13-14,16-19H2,1-2H3. The van der Waals surface area contributed by atoms with Gasteiger partial charge in [0, 0.05) is 37.9 Å². The third-order valence-corrected chi connectivity index (χ3v) is 7.61. The molecule has 0 atom stereocenters. The first-order valence-electron chi connectivity index (χ1n) is 12.3. The summed E-state index contributed by atoms with van der Waals surface area (Å²) in [5.41, 5.74) is 5.92. The molecule has 2 fully saturated rings. The normalized spacial score (nSPS) is 20.2. The molecule has 0 radical (unpaired) electrons. The molecule has 2 amide bonds. The van der Waals surface area contributed by atoms with E-state index in [1.54, 1.807) is 4.90 Å². The van der Waals surface area contributed by atoms with Crippen molar-refractivity contribution in [1.82, 2.24) is 9.80 Å². The van der Waals surface area contributed by atoms with Crippen LogP contribution in [0.4, 0.5) is 5.69 Å². The van der Waals surface area contributed by atoms with Crippen LogP contribution in [0, 0.1) is 13.8 Å². The SMILES string of the molecule is Cc1cccc(N2CCN(C3=C(c4ccccc4)C(=O)N(C4CCCCC4)C3=O)CC2)c1C. The van der Waals surface area contributed by atoms with Gasteiger partial charge < -0.3 is 9.80 Å². The predicted molar refractivity (Wildman–Crippen MR) is 132 cm³/mol. The highest BCUT2D eigenvalue weighted by molar-refractivity contribution is 6.35. The summed E-state index contributed by atoms with van der Waals surface area (Å²) in [5, 5.41) is 0.